The lowest BCUT2D eigenvalue weighted by molar-refractivity contribution is 0.306. The molecule has 41 heavy (non-hydrogen) atoms. The molecule has 0 saturated carbocycles. The molecule has 0 amide bonds. The van der Waals surface area contributed by atoms with E-state index in [1.165, 1.54) is 63.5 Å². The molecule has 0 saturated heterocycles. The summed E-state index contributed by atoms with van der Waals surface area (Å²) >= 11 is 0. The van der Waals surface area contributed by atoms with E-state index >= 15 is 0 Å². The number of unbranched alkanes of at least 4 members (excludes halogenated alkanes) is 8. The van der Waals surface area contributed by atoms with Crippen LogP contribution in [0.4, 0.5) is 0 Å². The van der Waals surface area contributed by atoms with Crippen molar-refractivity contribution >= 4 is 17.8 Å². The molecule has 5 rings (SSSR count). The van der Waals surface area contributed by atoms with Crippen LogP contribution in [0.2, 0.25) is 0 Å². The molecule has 5 nitrogen and oxygen atoms in total. The Bertz CT molecular complexity index is 1650. The van der Waals surface area contributed by atoms with Crippen LogP contribution in [0.25, 0.3) is 17.8 Å². The van der Waals surface area contributed by atoms with E-state index in [0.29, 0.717) is 6.61 Å². The summed E-state index contributed by atoms with van der Waals surface area (Å²) in [6, 6.07) is 22.6. The van der Waals surface area contributed by atoms with Crippen molar-refractivity contribution in [1.82, 2.24) is 9.97 Å². The van der Waals surface area contributed by atoms with Crippen LogP contribution in [0.15, 0.2) is 71.7 Å². The molecule has 0 atom stereocenters. The lowest BCUT2D eigenvalue weighted by Crippen LogP contribution is -2.20. The maximum atomic E-state index is 6.02. The molecule has 0 spiro atoms. The third-order valence-electron chi connectivity index (χ3n) is 7.71. The number of methoxy groups -OCH3 is 1. The first-order valence-corrected chi connectivity index (χ1v) is 15.3. The summed E-state index contributed by atoms with van der Waals surface area (Å²) in [5.74, 6) is 1.64. The fourth-order valence-corrected chi connectivity index (χ4v) is 5.36. The van der Waals surface area contributed by atoms with Crippen LogP contribution < -0.4 is 30.7 Å². The molecule has 0 bridgehead atoms. The summed E-state index contributed by atoms with van der Waals surface area (Å²) in [5, 5.41) is 3.85. The number of nitrogens with zero attached hydrogens (tertiary/aromatic N) is 1. The Kier molecular flexibility index (Phi) is 10.2. The Hall–Kier alpha value is -3.99. The van der Waals surface area contributed by atoms with E-state index < -0.39 is 0 Å². The molecule has 0 radical (unpaired) electrons. The first kappa shape index (κ1) is 28.5. The number of aromatic nitrogens is 2. The van der Waals surface area contributed by atoms with Gasteiger partial charge in [0.25, 0.3) is 0 Å². The zero-order valence-electron chi connectivity index (χ0n) is 24.5. The summed E-state index contributed by atoms with van der Waals surface area (Å²) in [6.07, 6.45) is 17.5. The number of benzene rings is 2. The van der Waals surface area contributed by atoms with Crippen molar-refractivity contribution in [2.45, 2.75) is 77.7 Å². The molecule has 0 fully saturated rings. The summed E-state index contributed by atoms with van der Waals surface area (Å²) in [6.45, 7) is 2.82. The Morgan fingerprint density at radius 2 is 1.59 bits per heavy atom. The highest BCUT2D eigenvalue weighted by Gasteiger charge is 2.08. The van der Waals surface area contributed by atoms with Gasteiger partial charge in [-0.2, -0.15) is 0 Å². The average Bonchev–Trinajstić information content (AvgIpc) is 3.74. The third-order valence-corrected chi connectivity index (χ3v) is 7.71. The van der Waals surface area contributed by atoms with Gasteiger partial charge in [-0.3, -0.25) is 0 Å². The highest BCUT2D eigenvalue weighted by molar-refractivity contribution is 5.77. The van der Waals surface area contributed by atoms with E-state index in [0.717, 1.165) is 56.1 Å². The Balaban J connectivity index is 1.22. The van der Waals surface area contributed by atoms with Crippen molar-refractivity contribution in [3.8, 4) is 11.5 Å². The number of aryl methyl sites for hydroxylation is 1. The fourth-order valence-electron chi connectivity index (χ4n) is 5.36. The van der Waals surface area contributed by atoms with Crippen molar-refractivity contribution in [3.05, 3.63) is 105 Å². The van der Waals surface area contributed by atoms with Crippen LogP contribution in [0.5, 0.6) is 11.5 Å². The summed E-state index contributed by atoms with van der Waals surface area (Å²) in [7, 11) is 1.71. The minimum atomic E-state index is 0.542. The number of hydrogen-bond donors (Lipinski definition) is 2. The lowest BCUT2D eigenvalue weighted by atomic mass is 10.1. The van der Waals surface area contributed by atoms with Crippen LogP contribution in [0.3, 0.4) is 0 Å². The topological polar surface area (TPSA) is 62.4 Å². The van der Waals surface area contributed by atoms with E-state index in [2.05, 4.69) is 59.4 Å². The zero-order valence-corrected chi connectivity index (χ0v) is 24.5. The van der Waals surface area contributed by atoms with Gasteiger partial charge < -0.3 is 19.4 Å². The molecule has 214 valence electrons. The molecule has 1 aliphatic heterocycles. The Morgan fingerprint density at radius 3 is 2.37 bits per heavy atom. The van der Waals surface area contributed by atoms with Gasteiger partial charge in [-0.1, -0.05) is 88.6 Å². The molecule has 1 aliphatic rings. The largest absolute Gasteiger partial charge is 0.494 e. The molecule has 3 heterocycles. The van der Waals surface area contributed by atoms with E-state index in [9.17, 15) is 0 Å². The molecule has 2 aromatic carbocycles. The van der Waals surface area contributed by atoms with Crippen LogP contribution in [0.1, 0.15) is 81.7 Å². The average molecular weight is 550 g/mol. The maximum Gasteiger partial charge on any atom is 0.144 e. The summed E-state index contributed by atoms with van der Waals surface area (Å²) in [5.41, 5.74) is 4.40. The molecule has 4 aromatic rings. The molecule has 0 unspecified atom stereocenters. The van der Waals surface area contributed by atoms with Crippen molar-refractivity contribution < 1.29 is 9.47 Å². The molecule has 2 N–H and O–H groups in total. The second-order valence-corrected chi connectivity index (χ2v) is 11.0. The van der Waals surface area contributed by atoms with Crippen LogP contribution in [-0.4, -0.2) is 17.1 Å². The predicted molar refractivity (Wildman–Crippen MR) is 168 cm³/mol. The zero-order chi connectivity index (χ0) is 28.3. The quantitative estimate of drug-likeness (QED) is 0.177. The van der Waals surface area contributed by atoms with Crippen molar-refractivity contribution in [2.75, 3.05) is 7.11 Å². The van der Waals surface area contributed by atoms with E-state index in [-0.39, 0.29) is 0 Å². The first-order chi connectivity index (χ1) is 20.2. The van der Waals surface area contributed by atoms with E-state index in [1.54, 1.807) is 7.11 Å². The number of H-pyrrole nitrogens is 2. The van der Waals surface area contributed by atoms with Crippen molar-refractivity contribution in [2.24, 2.45) is 4.99 Å². The standard InChI is InChI=1S/C36H43N3O2/c1-3-4-5-6-7-8-9-10-14-17-29-18-19-30(37-29)24-35-36(40-2)25-34(39-35)33-23-28-22-31(20-21-32(28)38-33)41-26-27-15-12-11-13-16-27/h11-13,15-16,18-25,37,39H,3-10,14,17,26H2,1-2H3. The Labute approximate surface area is 243 Å². The van der Waals surface area contributed by atoms with Crippen LogP contribution >= 0.6 is 0 Å². The summed E-state index contributed by atoms with van der Waals surface area (Å²) < 4.78 is 11.7. The third kappa shape index (κ3) is 8.03. The van der Waals surface area contributed by atoms with Gasteiger partial charge in [0.1, 0.15) is 18.1 Å². The van der Waals surface area contributed by atoms with Gasteiger partial charge in [0, 0.05) is 22.7 Å². The van der Waals surface area contributed by atoms with Gasteiger partial charge >= 0.3 is 0 Å². The SMILES string of the molecule is CCCCCCCCCCCc1ccc(C=c2[nH]c(=C3C=c4cc(OCc5ccccc5)ccc4=N3)cc2OC)[nH]1. The van der Waals surface area contributed by atoms with E-state index in [4.69, 9.17) is 14.5 Å². The molecular formula is C36H43N3O2. The fraction of sp³-hybridized carbons (Fsp3) is 0.361. The molecule has 0 aliphatic carbocycles. The first-order valence-electron chi connectivity index (χ1n) is 15.3. The Morgan fingerprint density at radius 1 is 0.805 bits per heavy atom. The minimum absolute atomic E-state index is 0.542. The molecule has 2 aromatic heterocycles. The highest BCUT2D eigenvalue weighted by Crippen LogP contribution is 2.13. The molecule has 5 heteroatoms. The van der Waals surface area contributed by atoms with Gasteiger partial charge in [-0.05, 0) is 60.9 Å². The van der Waals surface area contributed by atoms with E-state index in [1.807, 2.05) is 36.4 Å². The number of fused-ring (bicyclic) bond motifs is 1. The number of nitrogens with one attached hydrogen (secondary N) is 2. The second kappa shape index (κ2) is 14.6. The monoisotopic (exact) mass is 549 g/mol. The number of hydrogen-bond acceptors (Lipinski definition) is 3. The lowest BCUT2D eigenvalue weighted by Gasteiger charge is -2.05. The number of aromatic amines is 2. The van der Waals surface area contributed by atoms with Crippen LogP contribution in [0, 0.1) is 0 Å². The van der Waals surface area contributed by atoms with Gasteiger partial charge in [0.05, 0.1) is 28.9 Å². The highest BCUT2D eigenvalue weighted by atomic mass is 16.5. The smallest absolute Gasteiger partial charge is 0.144 e. The molecular weight excluding hydrogens is 506 g/mol. The van der Waals surface area contributed by atoms with Crippen molar-refractivity contribution in [1.29, 1.82) is 0 Å². The van der Waals surface area contributed by atoms with Crippen LogP contribution in [-0.2, 0) is 13.0 Å². The number of ether oxygens (including phenoxy) is 2. The van der Waals surface area contributed by atoms with Gasteiger partial charge in [-0.15, -0.1) is 0 Å². The minimum Gasteiger partial charge on any atom is -0.494 e. The normalized spacial score (nSPS) is 14.0. The second-order valence-electron chi connectivity index (χ2n) is 11.0. The maximum absolute atomic E-state index is 6.02. The van der Waals surface area contributed by atoms with Gasteiger partial charge in [0.2, 0.25) is 0 Å². The van der Waals surface area contributed by atoms with Gasteiger partial charge in [-0.25, -0.2) is 4.99 Å². The summed E-state index contributed by atoms with van der Waals surface area (Å²) in [4.78, 5) is 11.9. The van der Waals surface area contributed by atoms with Gasteiger partial charge in [0.15, 0.2) is 0 Å². The van der Waals surface area contributed by atoms with Crippen molar-refractivity contribution in [3.63, 3.8) is 0 Å². The predicted octanol–water partition coefficient (Wildman–Crippen LogP) is 6.05. The number of rotatable bonds is 15.